The van der Waals surface area contributed by atoms with E-state index < -0.39 is 0 Å². The van der Waals surface area contributed by atoms with Gasteiger partial charge in [-0.05, 0) is 32.1 Å². The van der Waals surface area contributed by atoms with Crippen molar-refractivity contribution in [1.29, 1.82) is 0 Å². The van der Waals surface area contributed by atoms with E-state index in [1.807, 2.05) is 6.92 Å². The van der Waals surface area contributed by atoms with E-state index in [-0.39, 0.29) is 6.10 Å². The molecule has 0 bridgehead atoms. The van der Waals surface area contributed by atoms with Gasteiger partial charge in [-0.15, -0.1) is 0 Å². The van der Waals surface area contributed by atoms with Crippen LogP contribution < -0.4 is 0 Å². The van der Waals surface area contributed by atoms with Gasteiger partial charge in [0.05, 0.1) is 6.10 Å². The standard InChI is InChI=1S/C10H18O/c1-7(2)9-5-4-8(3)6-10(9)11/h8-11H,1,4-6H2,2-3H3/t8?,9?,10-/m1/s1. The summed E-state index contributed by atoms with van der Waals surface area (Å²) in [7, 11) is 0. The molecule has 0 aromatic carbocycles. The van der Waals surface area contributed by atoms with Crippen LogP contribution in [0.5, 0.6) is 0 Å². The fourth-order valence-corrected chi connectivity index (χ4v) is 1.93. The van der Waals surface area contributed by atoms with E-state index in [1.54, 1.807) is 0 Å². The van der Waals surface area contributed by atoms with Gasteiger partial charge in [0.2, 0.25) is 0 Å². The van der Waals surface area contributed by atoms with E-state index in [0.29, 0.717) is 11.8 Å². The van der Waals surface area contributed by atoms with E-state index in [0.717, 1.165) is 18.4 Å². The van der Waals surface area contributed by atoms with E-state index in [9.17, 15) is 5.11 Å². The Balaban J connectivity index is 2.50. The molecule has 1 fully saturated rings. The molecule has 0 aliphatic heterocycles. The van der Waals surface area contributed by atoms with Crippen molar-refractivity contribution in [3.05, 3.63) is 12.2 Å². The molecule has 1 saturated carbocycles. The minimum Gasteiger partial charge on any atom is -0.392 e. The first kappa shape index (κ1) is 8.79. The zero-order valence-corrected chi connectivity index (χ0v) is 7.51. The van der Waals surface area contributed by atoms with E-state index in [2.05, 4.69) is 13.5 Å². The molecule has 1 nitrogen and oxygen atoms in total. The second kappa shape index (κ2) is 3.40. The van der Waals surface area contributed by atoms with Crippen molar-refractivity contribution in [2.24, 2.45) is 11.8 Å². The summed E-state index contributed by atoms with van der Waals surface area (Å²) >= 11 is 0. The fraction of sp³-hybridized carbons (Fsp3) is 0.800. The molecule has 0 saturated heterocycles. The summed E-state index contributed by atoms with van der Waals surface area (Å²) < 4.78 is 0. The highest BCUT2D eigenvalue weighted by molar-refractivity contribution is 5.01. The van der Waals surface area contributed by atoms with Crippen LogP contribution in [0.1, 0.15) is 33.1 Å². The Morgan fingerprint density at radius 1 is 1.45 bits per heavy atom. The molecule has 1 heteroatoms. The zero-order valence-electron chi connectivity index (χ0n) is 7.51. The molecule has 0 aromatic rings. The average Bonchev–Trinajstić information content (AvgIpc) is 1.85. The summed E-state index contributed by atoms with van der Waals surface area (Å²) in [5, 5.41) is 9.65. The Morgan fingerprint density at radius 3 is 2.55 bits per heavy atom. The van der Waals surface area contributed by atoms with Crippen LogP contribution in [0.15, 0.2) is 12.2 Å². The van der Waals surface area contributed by atoms with Crippen molar-refractivity contribution in [1.82, 2.24) is 0 Å². The van der Waals surface area contributed by atoms with Gasteiger partial charge in [-0.2, -0.15) is 0 Å². The lowest BCUT2D eigenvalue weighted by atomic mass is 9.78. The molecule has 11 heavy (non-hydrogen) atoms. The van der Waals surface area contributed by atoms with Gasteiger partial charge in [0.25, 0.3) is 0 Å². The first-order valence-electron chi connectivity index (χ1n) is 4.44. The monoisotopic (exact) mass is 154 g/mol. The molecule has 1 N–H and O–H groups in total. The lowest BCUT2D eigenvalue weighted by molar-refractivity contribution is 0.0656. The number of aliphatic hydroxyl groups excluding tert-OH is 1. The quantitative estimate of drug-likeness (QED) is 0.575. The fourth-order valence-electron chi connectivity index (χ4n) is 1.93. The van der Waals surface area contributed by atoms with Crippen LogP contribution in [-0.2, 0) is 0 Å². The summed E-state index contributed by atoms with van der Waals surface area (Å²) in [6.07, 6.45) is 3.19. The van der Waals surface area contributed by atoms with Crippen molar-refractivity contribution in [3.63, 3.8) is 0 Å². The molecule has 0 spiro atoms. The second-order valence-electron chi connectivity index (χ2n) is 3.94. The molecule has 64 valence electrons. The molecule has 1 aliphatic carbocycles. The van der Waals surface area contributed by atoms with Crippen molar-refractivity contribution in [2.45, 2.75) is 39.2 Å². The summed E-state index contributed by atoms with van der Waals surface area (Å²) in [6.45, 7) is 8.12. The van der Waals surface area contributed by atoms with Crippen LogP contribution in [0.25, 0.3) is 0 Å². The van der Waals surface area contributed by atoms with Crippen molar-refractivity contribution < 1.29 is 5.11 Å². The predicted molar refractivity (Wildman–Crippen MR) is 47.3 cm³/mol. The summed E-state index contributed by atoms with van der Waals surface area (Å²) in [6, 6.07) is 0. The van der Waals surface area contributed by atoms with Crippen LogP contribution in [0.3, 0.4) is 0 Å². The lowest BCUT2D eigenvalue weighted by Gasteiger charge is -2.31. The molecule has 0 radical (unpaired) electrons. The molecule has 0 aromatic heterocycles. The van der Waals surface area contributed by atoms with Gasteiger partial charge >= 0.3 is 0 Å². The normalized spacial score (nSPS) is 38.6. The highest BCUT2D eigenvalue weighted by Gasteiger charge is 2.26. The smallest absolute Gasteiger partial charge is 0.0607 e. The molecule has 1 aliphatic rings. The summed E-state index contributed by atoms with van der Waals surface area (Å²) in [5.41, 5.74) is 1.14. The molecule has 0 amide bonds. The Hall–Kier alpha value is -0.300. The highest BCUT2D eigenvalue weighted by Crippen LogP contribution is 2.32. The maximum absolute atomic E-state index is 9.65. The summed E-state index contributed by atoms with van der Waals surface area (Å²) in [4.78, 5) is 0. The Labute approximate surface area is 69.1 Å². The molecule has 3 atom stereocenters. The van der Waals surface area contributed by atoms with Crippen molar-refractivity contribution in [2.75, 3.05) is 0 Å². The number of aliphatic hydroxyl groups is 1. The van der Waals surface area contributed by atoms with Gasteiger partial charge in [-0.1, -0.05) is 19.1 Å². The summed E-state index contributed by atoms with van der Waals surface area (Å²) in [5.74, 6) is 1.06. The van der Waals surface area contributed by atoms with E-state index >= 15 is 0 Å². The lowest BCUT2D eigenvalue weighted by Crippen LogP contribution is -2.28. The van der Waals surface area contributed by atoms with E-state index in [1.165, 1.54) is 6.42 Å². The molecule has 2 unspecified atom stereocenters. The zero-order chi connectivity index (χ0) is 8.43. The molecular formula is C10H18O. The third-order valence-electron chi connectivity index (χ3n) is 2.71. The van der Waals surface area contributed by atoms with Crippen LogP contribution in [0, 0.1) is 11.8 Å². The first-order valence-corrected chi connectivity index (χ1v) is 4.44. The van der Waals surface area contributed by atoms with Gasteiger partial charge in [-0.3, -0.25) is 0 Å². The second-order valence-corrected chi connectivity index (χ2v) is 3.94. The molecular weight excluding hydrogens is 136 g/mol. The van der Waals surface area contributed by atoms with E-state index in [4.69, 9.17) is 0 Å². The Morgan fingerprint density at radius 2 is 2.09 bits per heavy atom. The number of hydrogen-bond donors (Lipinski definition) is 1. The van der Waals surface area contributed by atoms with Crippen LogP contribution in [-0.4, -0.2) is 11.2 Å². The maximum Gasteiger partial charge on any atom is 0.0607 e. The highest BCUT2D eigenvalue weighted by atomic mass is 16.3. The average molecular weight is 154 g/mol. The van der Waals surface area contributed by atoms with Gasteiger partial charge in [0, 0.05) is 5.92 Å². The van der Waals surface area contributed by atoms with Gasteiger partial charge in [0.1, 0.15) is 0 Å². The van der Waals surface area contributed by atoms with Gasteiger partial charge in [-0.25, -0.2) is 0 Å². The van der Waals surface area contributed by atoms with Crippen LogP contribution in [0.2, 0.25) is 0 Å². The molecule has 0 heterocycles. The molecule has 1 rings (SSSR count). The topological polar surface area (TPSA) is 20.2 Å². The predicted octanol–water partition coefficient (Wildman–Crippen LogP) is 2.36. The third-order valence-corrected chi connectivity index (χ3v) is 2.71. The number of rotatable bonds is 1. The van der Waals surface area contributed by atoms with Crippen molar-refractivity contribution in [3.8, 4) is 0 Å². The van der Waals surface area contributed by atoms with Crippen LogP contribution >= 0.6 is 0 Å². The minimum atomic E-state index is -0.128. The number of hydrogen-bond acceptors (Lipinski definition) is 1. The SMILES string of the molecule is C=C(C)C1CCC(C)C[C@H]1O. The van der Waals surface area contributed by atoms with Gasteiger partial charge < -0.3 is 5.11 Å². The largest absolute Gasteiger partial charge is 0.392 e. The third kappa shape index (κ3) is 2.06. The maximum atomic E-state index is 9.65. The minimum absolute atomic E-state index is 0.128. The van der Waals surface area contributed by atoms with Gasteiger partial charge in [0.15, 0.2) is 0 Å². The van der Waals surface area contributed by atoms with Crippen molar-refractivity contribution >= 4 is 0 Å². The van der Waals surface area contributed by atoms with Crippen LogP contribution in [0.4, 0.5) is 0 Å². The Bertz CT molecular complexity index is 151. The Kier molecular flexibility index (Phi) is 2.72. The first-order chi connectivity index (χ1) is 5.11.